The van der Waals surface area contributed by atoms with Gasteiger partial charge in [0.2, 0.25) is 5.91 Å². The van der Waals surface area contributed by atoms with Gasteiger partial charge in [-0.05, 0) is 55.3 Å². The Kier molecular flexibility index (Phi) is 13.5. The van der Waals surface area contributed by atoms with E-state index in [0.29, 0.717) is 56.2 Å². The first-order valence-electron chi connectivity index (χ1n) is 12.3. The van der Waals surface area contributed by atoms with Gasteiger partial charge in [0.1, 0.15) is 11.6 Å². The average Bonchev–Trinajstić information content (AvgIpc) is 2.88. The third-order valence-corrected chi connectivity index (χ3v) is 7.88. The number of halogens is 4. The minimum absolute atomic E-state index is 0. The van der Waals surface area contributed by atoms with Crippen LogP contribution >= 0.6 is 37.2 Å². The largest absolute Gasteiger partial charge is 0.478 e. The number of aromatic nitrogens is 1. The first-order valence-corrected chi connectivity index (χ1v) is 13.8. The number of fused-ring (bicyclic) bond motifs is 1. The Hall–Kier alpha value is -2.90. The summed E-state index contributed by atoms with van der Waals surface area (Å²) in [6, 6.07) is 9.42. The number of hydrogen-bond donors (Lipinski definition) is 3. The molecule has 0 atom stereocenters. The summed E-state index contributed by atoms with van der Waals surface area (Å²) in [5, 5.41) is 13.0. The third-order valence-electron chi connectivity index (χ3n) is 6.35. The van der Waals surface area contributed by atoms with Gasteiger partial charge in [0.25, 0.3) is 10.0 Å². The topological polar surface area (TPSA) is 132 Å². The van der Waals surface area contributed by atoms with Crippen LogP contribution in [-0.4, -0.2) is 74.6 Å². The number of nitrogens with one attached hydrogen (secondary N) is 2. The molecule has 1 aliphatic heterocycles. The van der Waals surface area contributed by atoms with Gasteiger partial charge in [-0.3, -0.25) is 14.4 Å². The number of nitrogens with zero attached hydrogens (tertiary/aromatic N) is 3. The fourth-order valence-corrected chi connectivity index (χ4v) is 5.65. The van der Waals surface area contributed by atoms with Crippen molar-refractivity contribution in [2.75, 3.05) is 48.9 Å². The number of piperazine rings is 1. The minimum Gasteiger partial charge on any atom is -0.478 e. The van der Waals surface area contributed by atoms with Crippen LogP contribution in [0.2, 0.25) is 0 Å². The second-order valence-corrected chi connectivity index (χ2v) is 10.8. The molecular weight excluding hydrogens is 620 g/mol. The molecule has 0 bridgehead atoms. The number of sulfonamides is 1. The Morgan fingerprint density at radius 1 is 1.02 bits per heavy atom. The molecule has 3 N–H and O–H groups in total. The van der Waals surface area contributed by atoms with Crippen molar-refractivity contribution in [1.29, 1.82) is 0 Å². The van der Waals surface area contributed by atoms with E-state index in [4.69, 9.17) is 0 Å². The van der Waals surface area contributed by atoms with E-state index in [1.807, 2.05) is 16.7 Å². The van der Waals surface area contributed by atoms with E-state index in [1.165, 1.54) is 30.3 Å². The first-order chi connectivity index (χ1) is 18.1. The zero-order valence-electron chi connectivity index (χ0n) is 22.4. The van der Waals surface area contributed by atoms with E-state index in [2.05, 4.69) is 15.0 Å². The molecule has 2 heterocycles. The highest BCUT2D eigenvalue weighted by atomic mass is 35.5. The number of amides is 1. The molecule has 0 spiro atoms. The van der Waals surface area contributed by atoms with E-state index in [0.717, 1.165) is 12.5 Å². The number of aryl methyl sites for hydroxylation is 1. The predicted molar refractivity (Wildman–Crippen MR) is 164 cm³/mol. The number of aromatic carboxylic acids is 1. The molecule has 3 aromatic rings. The Morgan fingerprint density at radius 3 is 2.34 bits per heavy atom. The molecule has 1 aromatic heterocycles. The van der Waals surface area contributed by atoms with Gasteiger partial charge in [-0.2, -0.15) is 0 Å². The SMILES string of the molecule is CCCNC(=O)CN1CCN(c2cc(C(=O)O)c3cc(NS(=O)(=O)c4cc(F)ccc4C)ccc3n2)CC1.Cl.Cl.Cl. The van der Waals surface area contributed by atoms with Crippen molar-refractivity contribution < 1.29 is 27.5 Å². The third kappa shape index (κ3) is 8.79. The summed E-state index contributed by atoms with van der Waals surface area (Å²) in [7, 11) is -4.11. The van der Waals surface area contributed by atoms with Gasteiger partial charge in [0, 0.05) is 43.8 Å². The quantitative estimate of drug-likeness (QED) is 0.315. The van der Waals surface area contributed by atoms with Gasteiger partial charge in [-0.1, -0.05) is 13.0 Å². The van der Waals surface area contributed by atoms with Crippen molar-refractivity contribution in [3.8, 4) is 0 Å². The fraction of sp³-hybridized carbons (Fsp3) is 0.346. The molecule has 0 saturated carbocycles. The number of carbonyl (C=O) groups excluding carboxylic acids is 1. The van der Waals surface area contributed by atoms with Gasteiger partial charge in [-0.25, -0.2) is 22.6 Å². The summed E-state index contributed by atoms with van der Waals surface area (Å²) in [5.41, 5.74) is 0.882. The number of anilines is 2. The van der Waals surface area contributed by atoms with Crippen LogP contribution in [-0.2, 0) is 14.8 Å². The number of rotatable bonds is 9. The maximum absolute atomic E-state index is 13.7. The standard InChI is InChI=1S/C26H30FN5O5S.3ClH/c1-3-8-28-25(33)16-31-9-11-32(12-10-31)24-15-21(26(34)35)20-14-19(6-7-22(20)29-24)30-38(36,37)23-13-18(27)5-4-17(23)2;;;/h4-7,13-15,30H,3,8-12,16H2,1-2H3,(H,28,33)(H,34,35);3*1H. The lowest BCUT2D eigenvalue weighted by atomic mass is 10.1. The molecule has 10 nitrogen and oxygen atoms in total. The van der Waals surface area contributed by atoms with Crippen LogP contribution in [0.3, 0.4) is 0 Å². The Balaban J connectivity index is 0.00000280. The van der Waals surface area contributed by atoms with Crippen LogP contribution in [0.5, 0.6) is 0 Å². The summed E-state index contributed by atoms with van der Waals surface area (Å²) in [6.07, 6.45) is 0.874. The minimum atomic E-state index is -4.11. The number of benzene rings is 2. The van der Waals surface area contributed by atoms with Crippen molar-refractivity contribution in [3.63, 3.8) is 0 Å². The molecule has 15 heteroatoms. The fourth-order valence-electron chi connectivity index (χ4n) is 4.35. The second-order valence-electron chi connectivity index (χ2n) is 9.19. The van der Waals surface area contributed by atoms with E-state index in [-0.39, 0.29) is 64.7 Å². The lowest BCUT2D eigenvalue weighted by Gasteiger charge is -2.35. The Bertz CT molecular complexity index is 1490. The number of carboxylic acids is 1. The highest BCUT2D eigenvalue weighted by molar-refractivity contribution is 7.92. The van der Waals surface area contributed by atoms with Crippen LogP contribution in [0.1, 0.15) is 29.3 Å². The summed E-state index contributed by atoms with van der Waals surface area (Å²) in [6.45, 7) is 6.91. The summed E-state index contributed by atoms with van der Waals surface area (Å²) in [5.74, 6) is -1.38. The monoisotopic (exact) mass is 651 g/mol. The molecule has 1 aliphatic rings. The first kappa shape index (κ1) is 36.1. The van der Waals surface area contributed by atoms with Gasteiger partial charge in [0.15, 0.2) is 0 Å². The molecule has 0 unspecified atom stereocenters. The number of carbonyl (C=O) groups is 2. The van der Waals surface area contributed by atoms with E-state index in [1.54, 1.807) is 13.0 Å². The van der Waals surface area contributed by atoms with Crippen LogP contribution in [0.25, 0.3) is 10.9 Å². The van der Waals surface area contributed by atoms with Crippen LogP contribution in [0, 0.1) is 12.7 Å². The van der Waals surface area contributed by atoms with E-state index in [9.17, 15) is 27.5 Å². The molecule has 1 amide bonds. The zero-order valence-corrected chi connectivity index (χ0v) is 25.7. The number of pyridine rings is 1. The molecular formula is C26H33Cl3FN5O5S. The van der Waals surface area contributed by atoms with Gasteiger partial charge in [0.05, 0.1) is 22.5 Å². The van der Waals surface area contributed by atoms with Crippen molar-refractivity contribution in [1.82, 2.24) is 15.2 Å². The Labute approximate surface area is 257 Å². The van der Waals surface area contributed by atoms with E-state index < -0.39 is 21.8 Å². The summed E-state index contributed by atoms with van der Waals surface area (Å²) in [4.78, 5) is 32.6. The Morgan fingerprint density at radius 2 is 1.71 bits per heavy atom. The molecule has 1 saturated heterocycles. The predicted octanol–water partition coefficient (Wildman–Crippen LogP) is 4.09. The van der Waals surface area contributed by atoms with Gasteiger partial charge < -0.3 is 15.3 Å². The van der Waals surface area contributed by atoms with Crippen molar-refractivity contribution in [3.05, 3.63) is 59.4 Å². The molecule has 1 fully saturated rings. The van der Waals surface area contributed by atoms with E-state index >= 15 is 0 Å². The van der Waals surface area contributed by atoms with Crippen molar-refractivity contribution in [2.45, 2.75) is 25.2 Å². The maximum atomic E-state index is 13.7. The van der Waals surface area contributed by atoms with Crippen molar-refractivity contribution >= 4 is 81.5 Å². The smallest absolute Gasteiger partial charge is 0.336 e. The normalized spacial score (nSPS) is 13.4. The van der Waals surface area contributed by atoms with Gasteiger partial charge in [-0.15, -0.1) is 37.2 Å². The second kappa shape index (κ2) is 15.4. The lowest BCUT2D eigenvalue weighted by Crippen LogP contribution is -2.49. The lowest BCUT2D eigenvalue weighted by molar-refractivity contribution is -0.122. The van der Waals surface area contributed by atoms with Crippen LogP contribution < -0.4 is 14.9 Å². The average molecular weight is 653 g/mol. The molecule has 0 aliphatic carbocycles. The molecule has 4 rings (SSSR count). The maximum Gasteiger partial charge on any atom is 0.336 e. The zero-order chi connectivity index (χ0) is 27.4. The highest BCUT2D eigenvalue weighted by Crippen LogP contribution is 2.28. The summed E-state index contributed by atoms with van der Waals surface area (Å²) >= 11 is 0. The number of hydrogen-bond acceptors (Lipinski definition) is 7. The van der Waals surface area contributed by atoms with Crippen molar-refractivity contribution in [2.24, 2.45) is 0 Å². The van der Waals surface area contributed by atoms with Gasteiger partial charge >= 0.3 is 5.97 Å². The van der Waals surface area contributed by atoms with Crippen LogP contribution in [0.15, 0.2) is 47.4 Å². The molecule has 0 radical (unpaired) electrons. The molecule has 226 valence electrons. The number of carboxylic acid groups (broad SMARTS) is 1. The molecule has 2 aromatic carbocycles. The summed E-state index contributed by atoms with van der Waals surface area (Å²) < 4.78 is 41.9. The highest BCUT2D eigenvalue weighted by Gasteiger charge is 2.23. The van der Waals surface area contributed by atoms with Crippen LogP contribution in [0.4, 0.5) is 15.9 Å². The molecule has 41 heavy (non-hydrogen) atoms.